The smallest absolute Gasteiger partial charge is 0.0152 e. The van der Waals surface area contributed by atoms with Gasteiger partial charge in [0.2, 0.25) is 0 Å². The Morgan fingerprint density at radius 2 is 0.639 bits per heavy atom. The van der Waals surface area contributed by atoms with Gasteiger partial charge < -0.3 is 0 Å². The zero-order chi connectivity index (χ0) is 25.7. The second kappa shape index (κ2) is 11.2. The molecule has 0 amide bonds. The van der Waals surface area contributed by atoms with E-state index >= 15 is 0 Å². The maximum atomic E-state index is 2.22. The van der Waals surface area contributed by atoms with Gasteiger partial charge in [-0.05, 0) is 96.1 Å². The van der Waals surface area contributed by atoms with Gasteiger partial charge in [-0.3, -0.25) is 0 Å². The Morgan fingerprint density at radius 3 is 1.03 bits per heavy atom. The van der Waals surface area contributed by atoms with Gasteiger partial charge in [0.25, 0.3) is 0 Å². The van der Waals surface area contributed by atoms with Crippen molar-refractivity contribution < 1.29 is 0 Å². The molecule has 0 atom stereocenters. The van der Waals surface area contributed by atoms with Crippen LogP contribution < -0.4 is 0 Å². The van der Waals surface area contributed by atoms with Crippen LogP contribution in [0.1, 0.15) is 33.4 Å². The lowest BCUT2D eigenvalue weighted by molar-refractivity contribution is 1.46. The van der Waals surface area contributed by atoms with Gasteiger partial charge in [-0.25, -0.2) is 0 Å². The largest absolute Gasteiger partial charge is 0.0616 e. The van der Waals surface area contributed by atoms with Crippen LogP contribution in [0, 0.1) is 41.5 Å². The van der Waals surface area contributed by atoms with Crippen LogP contribution in [-0.4, -0.2) is 0 Å². The summed E-state index contributed by atoms with van der Waals surface area (Å²) in [6.07, 6.45) is 0. The van der Waals surface area contributed by atoms with Gasteiger partial charge in [-0.2, -0.15) is 0 Å². The molecule has 0 aliphatic heterocycles. The first kappa shape index (κ1) is 25.2. The zero-order valence-electron chi connectivity index (χ0n) is 22.4. The molecule has 0 heteroatoms. The molecule has 0 bridgehead atoms. The molecule has 180 valence electrons. The Bertz CT molecular complexity index is 1480. The second-order valence-corrected chi connectivity index (χ2v) is 9.84. The summed E-state index contributed by atoms with van der Waals surface area (Å²) in [6.45, 7) is 12.9. The molecular weight excluding hydrogens is 432 g/mol. The SMILES string of the molecule is Cc1ccc(C)c2ccccc12.Cc1ccc2cc(C)ccc2c1.Cc1cccc2c(C)cccc12. The fraction of sp³-hybridized carbons (Fsp3) is 0.167. The summed E-state index contributed by atoms with van der Waals surface area (Å²) < 4.78 is 0. The maximum absolute atomic E-state index is 2.22. The summed E-state index contributed by atoms with van der Waals surface area (Å²) >= 11 is 0. The van der Waals surface area contributed by atoms with Crippen LogP contribution >= 0.6 is 0 Å². The van der Waals surface area contributed by atoms with E-state index in [2.05, 4.69) is 151 Å². The third kappa shape index (κ3) is 5.83. The summed E-state index contributed by atoms with van der Waals surface area (Å²) in [7, 11) is 0. The zero-order valence-corrected chi connectivity index (χ0v) is 22.4. The van der Waals surface area contributed by atoms with E-state index in [0.29, 0.717) is 0 Å². The highest BCUT2D eigenvalue weighted by Gasteiger charge is 1.98. The van der Waals surface area contributed by atoms with Crippen LogP contribution in [0.4, 0.5) is 0 Å². The Hall–Kier alpha value is -3.90. The fourth-order valence-corrected chi connectivity index (χ4v) is 4.71. The first-order valence-corrected chi connectivity index (χ1v) is 12.7. The normalized spacial score (nSPS) is 10.5. The number of fused-ring (bicyclic) bond motifs is 3. The molecule has 0 N–H and O–H groups in total. The maximum Gasteiger partial charge on any atom is -0.0152 e. The number of hydrogen-bond donors (Lipinski definition) is 0. The van der Waals surface area contributed by atoms with Crippen molar-refractivity contribution in [2.75, 3.05) is 0 Å². The average molecular weight is 469 g/mol. The molecule has 6 aromatic carbocycles. The van der Waals surface area contributed by atoms with Crippen molar-refractivity contribution in [2.45, 2.75) is 41.5 Å². The predicted octanol–water partition coefficient (Wildman–Crippen LogP) is 10.4. The van der Waals surface area contributed by atoms with Crippen LogP contribution in [0.25, 0.3) is 32.3 Å². The third-order valence-corrected chi connectivity index (χ3v) is 6.87. The van der Waals surface area contributed by atoms with Crippen molar-refractivity contribution in [2.24, 2.45) is 0 Å². The standard InChI is InChI=1S/3C12H12/c1-9-3-5-12-8-10(2)4-6-11(12)7-9;1-9-5-3-8-12-10(2)6-4-7-11(9)12;1-9-7-8-10(2)12-6-4-3-5-11(9)12/h3*3-8H,1-2H3. The molecule has 36 heavy (non-hydrogen) atoms. The van der Waals surface area contributed by atoms with Gasteiger partial charge in [-0.1, -0.05) is 120 Å². The van der Waals surface area contributed by atoms with Gasteiger partial charge in [0.1, 0.15) is 0 Å². The average Bonchev–Trinajstić information content (AvgIpc) is 2.88. The molecule has 0 spiro atoms. The predicted molar refractivity (Wildman–Crippen MR) is 160 cm³/mol. The van der Waals surface area contributed by atoms with Crippen LogP contribution in [-0.2, 0) is 0 Å². The summed E-state index contributed by atoms with van der Waals surface area (Å²) in [4.78, 5) is 0. The molecule has 0 aromatic heterocycles. The van der Waals surface area contributed by atoms with E-state index in [0.717, 1.165) is 0 Å². The molecule has 0 heterocycles. The first-order chi connectivity index (χ1) is 17.3. The van der Waals surface area contributed by atoms with E-state index in [1.807, 2.05) is 0 Å². The Kier molecular flexibility index (Phi) is 7.86. The van der Waals surface area contributed by atoms with Crippen molar-refractivity contribution in [3.8, 4) is 0 Å². The lowest BCUT2D eigenvalue weighted by Gasteiger charge is -2.03. The van der Waals surface area contributed by atoms with E-state index in [4.69, 9.17) is 0 Å². The van der Waals surface area contributed by atoms with Gasteiger partial charge >= 0.3 is 0 Å². The molecule has 0 radical (unpaired) electrons. The number of benzene rings is 6. The third-order valence-electron chi connectivity index (χ3n) is 6.87. The van der Waals surface area contributed by atoms with Crippen molar-refractivity contribution in [1.82, 2.24) is 0 Å². The molecule has 0 nitrogen and oxygen atoms in total. The van der Waals surface area contributed by atoms with Crippen molar-refractivity contribution in [3.05, 3.63) is 143 Å². The number of hydrogen-bond acceptors (Lipinski definition) is 0. The molecule has 0 aliphatic carbocycles. The van der Waals surface area contributed by atoms with Gasteiger partial charge in [-0.15, -0.1) is 0 Å². The summed E-state index contributed by atoms with van der Waals surface area (Å²) in [5, 5.41) is 8.16. The van der Waals surface area contributed by atoms with Crippen LogP contribution in [0.3, 0.4) is 0 Å². The number of aryl methyl sites for hydroxylation is 6. The van der Waals surface area contributed by atoms with E-state index in [9.17, 15) is 0 Å². The van der Waals surface area contributed by atoms with E-state index in [-0.39, 0.29) is 0 Å². The molecule has 6 aromatic rings. The topological polar surface area (TPSA) is 0 Å². The molecule has 0 aliphatic rings. The number of rotatable bonds is 0. The molecule has 0 saturated carbocycles. The van der Waals surface area contributed by atoms with E-state index < -0.39 is 0 Å². The van der Waals surface area contributed by atoms with Gasteiger partial charge in [0.05, 0.1) is 0 Å². The molecule has 0 unspecified atom stereocenters. The lowest BCUT2D eigenvalue weighted by atomic mass is 10.0. The minimum absolute atomic E-state index is 1.33. The molecule has 0 fully saturated rings. The minimum atomic E-state index is 1.33. The van der Waals surface area contributed by atoms with E-state index in [1.165, 1.54) is 65.7 Å². The Labute approximate surface area is 216 Å². The van der Waals surface area contributed by atoms with Crippen molar-refractivity contribution in [1.29, 1.82) is 0 Å². The van der Waals surface area contributed by atoms with E-state index in [1.54, 1.807) is 0 Å². The quantitative estimate of drug-likeness (QED) is 0.208. The van der Waals surface area contributed by atoms with Gasteiger partial charge in [0, 0.05) is 0 Å². The Balaban J connectivity index is 0.000000127. The minimum Gasteiger partial charge on any atom is -0.0616 e. The lowest BCUT2D eigenvalue weighted by Crippen LogP contribution is -1.80. The summed E-state index contributed by atoms with van der Waals surface area (Å²) in [5.41, 5.74) is 8.08. The highest BCUT2D eigenvalue weighted by Crippen LogP contribution is 2.22. The van der Waals surface area contributed by atoms with Crippen LogP contribution in [0.2, 0.25) is 0 Å². The second-order valence-electron chi connectivity index (χ2n) is 9.84. The molecule has 0 saturated heterocycles. The first-order valence-electron chi connectivity index (χ1n) is 12.7. The monoisotopic (exact) mass is 468 g/mol. The molecular formula is C36H36. The molecule has 6 rings (SSSR count). The van der Waals surface area contributed by atoms with Crippen LogP contribution in [0.5, 0.6) is 0 Å². The fourth-order valence-electron chi connectivity index (χ4n) is 4.71. The van der Waals surface area contributed by atoms with Crippen molar-refractivity contribution in [3.63, 3.8) is 0 Å². The van der Waals surface area contributed by atoms with Gasteiger partial charge in [0.15, 0.2) is 0 Å². The summed E-state index contributed by atoms with van der Waals surface area (Å²) in [6, 6.07) is 38.9. The highest BCUT2D eigenvalue weighted by atomic mass is 14.0. The van der Waals surface area contributed by atoms with Crippen molar-refractivity contribution >= 4 is 32.3 Å². The highest BCUT2D eigenvalue weighted by molar-refractivity contribution is 5.89. The Morgan fingerprint density at radius 1 is 0.306 bits per heavy atom. The summed E-state index contributed by atoms with van der Waals surface area (Å²) in [5.74, 6) is 0. The van der Waals surface area contributed by atoms with Crippen LogP contribution in [0.15, 0.2) is 109 Å².